The second kappa shape index (κ2) is 9.20. The summed E-state index contributed by atoms with van der Waals surface area (Å²) < 4.78 is 52.2. The van der Waals surface area contributed by atoms with Crippen LogP contribution in [0.5, 0.6) is 0 Å². The first-order chi connectivity index (χ1) is 16.8. The van der Waals surface area contributed by atoms with Crippen LogP contribution in [-0.4, -0.2) is 50.4 Å². The number of oxazole rings is 1. The summed E-state index contributed by atoms with van der Waals surface area (Å²) >= 11 is 5.92. The van der Waals surface area contributed by atoms with Gasteiger partial charge in [-0.15, -0.1) is 0 Å². The van der Waals surface area contributed by atoms with E-state index in [1.807, 2.05) is 0 Å². The molecule has 1 fully saturated rings. The number of halogens is 2. The lowest BCUT2D eigenvalue weighted by Gasteiger charge is -2.34. The van der Waals surface area contributed by atoms with E-state index in [1.165, 1.54) is 53.6 Å². The maximum absolute atomic E-state index is 14.1. The average Bonchev–Trinajstić information content (AvgIpc) is 3.55. The highest BCUT2D eigenvalue weighted by atomic mass is 35.5. The fourth-order valence-corrected chi connectivity index (χ4v) is 5.27. The molecule has 0 unspecified atom stereocenters. The molecule has 0 saturated carbocycles. The van der Waals surface area contributed by atoms with E-state index in [1.54, 1.807) is 23.1 Å². The predicted molar refractivity (Wildman–Crippen MR) is 126 cm³/mol. The Morgan fingerprint density at radius 3 is 2.34 bits per heavy atom. The molecule has 8 nitrogen and oxygen atoms in total. The maximum atomic E-state index is 14.1. The van der Waals surface area contributed by atoms with Crippen LogP contribution in [0.1, 0.15) is 10.4 Å². The van der Waals surface area contributed by atoms with Crippen molar-refractivity contribution in [2.45, 2.75) is 9.92 Å². The van der Waals surface area contributed by atoms with E-state index in [-0.39, 0.29) is 59.2 Å². The van der Waals surface area contributed by atoms with Crippen molar-refractivity contribution in [1.29, 1.82) is 0 Å². The van der Waals surface area contributed by atoms with Gasteiger partial charge in [-0.3, -0.25) is 4.79 Å². The van der Waals surface area contributed by atoms with Gasteiger partial charge < -0.3 is 18.6 Å². The van der Waals surface area contributed by atoms with Crippen LogP contribution in [0.25, 0.3) is 11.7 Å². The molecule has 1 saturated heterocycles. The summed E-state index contributed by atoms with van der Waals surface area (Å²) in [6.07, 6.45) is 1.43. The summed E-state index contributed by atoms with van der Waals surface area (Å²) in [4.78, 5) is 20.3. The Bertz CT molecular complexity index is 1460. The minimum absolute atomic E-state index is 0.00766. The Morgan fingerprint density at radius 2 is 1.69 bits per heavy atom. The van der Waals surface area contributed by atoms with E-state index in [2.05, 4.69) is 4.98 Å². The number of aromatic nitrogens is 1. The standard InChI is InChI=1S/C24H19ClFN3O5S/c25-16-7-9-17(10-8-16)35(31,32)22-24(34-21(27-22)20-6-3-15-33-20)29-13-11-28(12-14-29)23(30)18-4-1-2-5-19(18)26/h1-10,15H,11-14H2. The Kier molecular flexibility index (Phi) is 6.08. The van der Waals surface area contributed by atoms with Gasteiger partial charge in [0.2, 0.25) is 20.7 Å². The third-order valence-electron chi connectivity index (χ3n) is 5.65. The van der Waals surface area contributed by atoms with Crippen molar-refractivity contribution in [3.05, 3.63) is 83.3 Å². The number of rotatable bonds is 5. The van der Waals surface area contributed by atoms with Crippen molar-refractivity contribution in [2.75, 3.05) is 31.1 Å². The van der Waals surface area contributed by atoms with Gasteiger partial charge in [0.15, 0.2) is 5.76 Å². The summed E-state index contributed by atoms with van der Waals surface area (Å²) in [7, 11) is -4.06. The number of piperazine rings is 1. The van der Waals surface area contributed by atoms with Crippen molar-refractivity contribution in [3.63, 3.8) is 0 Å². The van der Waals surface area contributed by atoms with Gasteiger partial charge in [0.05, 0.1) is 16.7 Å². The number of amides is 1. The van der Waals surface area contributed by atoms with E-state index < -0.39 is 21.6 Å². The molecule has 4 aromatic rings. The SMILES string of the molecule is O=C(c1ccccc1F)N1CCN(c2oc(-c3ccco3)nc2S(=O)(=O)c2ccc(Cl)cc2)CC1. The van der Waals surface area contributed by atoms with E-state index in [9.17, 15) is 17.6 Å². The number of carbonyl (C=O) groups is 1. The Hall–Kier alpha value is -3.63. The van der Waals surface area contributed by atoms with Crippen LogP contribution in [0.4, 0.5) is 10.3 Å². The van der Waals surface area contributed by atoms with Gasteiger partial charge in [0.25, 0.3) is 11.8 Å². The summed E-state index contributed by atoms with van der Waals surface area (Å²) in [6, 6.07) is 14.8. The second-order valence-corrected chi connectivity index (χ2v) is 10.1. The molecule has 11 heteroatoms. The van der Waals surface area contributed by atoms with Crippen molar-refractivity contribution in [2.24, 2.45) is 0 Å². The number of anilines is 1. The van der Waals surface area contributed by atoms with Crippen LogP contribution in [0.3, 0.4) is 0 Å². The first kappa shape index (κ1) is 23.1. The minimum Gasteiger partial charge on any atom is -0.459 e. The van der Waals surface area contributed by atoms with Crippen LogP contribution < -0.4 is 4.90 Å². The molecule has 0 atom stereocenters. The van der Waals surface area contributed by atoms with Crippen LogP contribution in [0.2, 0.25) is 5.02 Å². The molecule has 1 aliphatic heterocycles. The molecular weight excluding hydrogens is 497 g/mol. The topological polar surface area (TPSA) is 96.9 Å². The molecule has 2 aromatic heterocycles. The highest BCUT2D eigenvalue weighted by molar-refractivity contribution is 7.91. The number of carbonyl (C=O) groups excluding carboxylic acids is 1. The highest BCUT2D eigenvalue weighted by Gasteiger charge is 2.34. The first-order valence-electron chi connectivity index (χ1n) is 10.7. The van der Waals surface area contributed by atoms with E-state index in [4.69, 9.17) is 20.4 Å². The molecular formula is C24H19ClFN3O5S. The van der Waals surface area contributed by atoms with Gasteiger partial charge in [-0.05, 0) is 48.5 Å². The molecule has 1 amide bonds. The molecule has 0 spiro atoms. The molecule has 1 aliphatic rings. The van der Waals surface area contributed by atoms with E-state index in [0.29, 0.717) is 5.02 Å². The summed E-state index contributed by atoms with van der Waals surface area (Å²) in [5, 5.41) is 0.136. The van der Waals surface area contributed by atoms with Crippen molar-refractivity contribution >= 4 is 33.2 Å². The normalized spacial score (nSPS) is 14.3. The average molecular weight is 516 g/mol. The monoisotopic (exact) mass is 515 g/mol. The fraction of sp³-hybridized carbons (Fsp3) is 0.167. The molecule has 2 aromatic carbocycles. The van der Waals surface area contributed by atoms with Gasteiger partial charge in [-0.1, -0.05) is 23.7 Å². The zero-order valence-corrected chi connectivity index (χ0v) is 19.8. The quantitative estimate of drug-likeness (QED) is 0.385. The summed E-state index contributed by atoms with van der Waals surface area (Å²) in [6.45, 7) is 1.00. The maximum Gasteiger partial charge on any atom is 0.266 e. The minimum atomic E-state index is -4.06. The lowest BCUT2D eigenvalue weighted by Crippen LogP contribution is -2.49. The van der Waals surface area contributed by atoms with Gasteiger partial charge in [-0.2, -0.15) is 4.98 Å². The number of nitrogens with zero attached hydrogens (tertiary/aromatic N) is 3. The van der Waals surface area contributed by atoms with Crippen LogP contribution in [-0.2, 0) is 9.84 Å². The molecule has 180 valence electrons. The van der Waals surface area contributed by atoms with Gasteiger partial charge in [0.1, 0.15) is 5.82 Å². The molecule has 0 aliphatic carbocycles. The van der Waals surface area contributed by atoms with E-state index in [0.717, 1.165) is 0 Å². The smallest absolute Gasteiger partial charge is 0.266 e. The van der Waals surface area contributed by atoms with Crippen molar-refractivity contribution < 1.29 is 26.4 Å². The summed E-state index contributed by atoms with van der Waals surface area (Å²) in [5.41, 5.74) is -0.00766. The third-order valence-corrected chi connectivity index (χ3v) is 7.57. The molecule has 0 radical (unpaired) electrons. The molecule has 35 heavy (non-hydrogen) atoms. The number of sulfone groups is 1. The molecule has 5 rings (SSSR count). The zero-order valence-electron chi connectivity index (χ0n) is 18.2. The number of hydrogen-bond donors (Lipinski definition) is 0. The van der Waals surface area contributed by atoms with E-state index >= 15 is 0 Å². The van der Waals surface area contributed by atoms with Crippen LogP contribution in [0.15, 0.2) is 85.7 Å². The lowest BCUT2D eigenvalue weighted by atomic mass is 10.1. The number of furan rings is 1. The van der Waals surface area contributed by atoms with Crippen molar-refractivity contribution in [1.82, 2.24) is 9.88 Å². The Balaban J connectivity index is 1.45. The number of hydrogen-bond acceptors (Lipinski definition) is 7. The first-order valence-corrected chi connectivity index (χ1v) is 12.5. The molecule has 0 N–H and O–H groups in total. The van der Waals surface area contributed by atoms with Crippen LogP contribution >= 0.6 is 11.6 Å². The highest BCUT2D eigenvalue weighted by Crippen LogP contribution is 2.35. The third kappa shape index (κ3) is 4.42. The van der Waals surface area contributed by atoms with Gasteiger partial charge >= 0.3 is 0 Å². The van der Waals surface area contributed by atoms with Crippen molar-refractivity contribution in [3.8, 4) is 11.7 Å². The lowest BCUT2D eigenvalue weighted by molar-refractivity contribution is 0.0740. The largest absolute Gasteiger partial charge is 0.459 e. The molecule has 3 heterocycles. The zero-order chi connectivity index (χ0) is 24.6. The van der Waals surface area contributed by atoms with Gasteiger partial charge in [-0.25, -0.2) is 12.8 Å². The van der Waals surface area contributed by atoms with Crippen LogP contribution in [0, 0.1) is 5.82 Å². The van der Waals surface area contributed by atoms with Gasteiger partial charge in [0, 0.05) is 31.2 Å². The second-order valence-electron chi connectivity index (χ2n) is 7.82. The Labute approximate surface area is 205 Å². The Morgan fingerprint density at radius 1 is 0.971 bits per heavy atom. The summed E-state index contributed by atoms with van der Waals surface area (Å²) in [5.74, 6) is -0.677. The fourth-order valence-electron chi connectivity index (χ4n) is 3.82. The number of benzene rings is 2. The molecule has 0 bridgehead atoms. The predicted octanol–water partition coefficient (Wildman–Crippen LogP) is 4.52.